The van der Waals surface area contributed by atoms with Crippen LogP contribution in [0.2, 0.25) is 0 Å². The van der Waals surface area contributed by atoms with E-state index in [0.717, 1.165) is 26.2 Å². The summed E-state index contributed by atoms with van der Waals surface area (Å²) in [7, 11) is 0. The Morgan fingerprint density at radius 3 is 0.875 bits per heavy atom. The van der Waals surface area contributed by atoms with E-state index in [9.17, 15) is 30.6 Å². The third-order valence-corrected chi connectivity index (χ3v) is 6.68. The van der Waals surface area contributed by atoms with E-state index >= 15 is 0 Å². The summed E-state index contributed by atoms with van der Waals surface area (Å²) in [5, 5.41) is 65.5. The lowest BCUT2D eigenvalue weighted by atomic mass is 9.83. The van der Waals surface area contributed by atoms with Gasteiger partial charge in [-0.3, -0.25) is 0 Å². The first-order valence-corrected chi connectivity index (χ1v) is 14.1. The fourth-order valence-corrected chi connectivity index (χ4v) is 5.29. The second kappa shape index (κ2) is 12.2. The number of allylic oxidation sites excluding steroid dienone is 2. The summed E-state index contributed by atoms with van der Waals surface area (Å²) in [6, 6.07) is 6.03. The van der Waals surface area contributed by atoms with Crippen molar-refractivity contribution in [3.05, 3.63) is 46.9 Å². The van der Waals surface area contributed by atoms with Gasteiger partial charge in [-0.1, -0.05) is 55.4 Å². The molecule has 0 radical (unpaired) electrons. The van der Waals surface area contributed by atoms with Crippen LogP contribution in [0.3, 0.4) is 0 Å². The number of aromatic hydroxyl groups is 4. The predicted molar refractivity (Wildman–Crippen MR) is 162 cm³/mol. The van der Waals surface area contributed by atoms with Crippen LogP contribution in [0.5, 0.6) is 23.0 Å². The van der Waals surface area contributed by atoms with Crippen LogP contribution in [0.4, 0.5) is 11.4 Å². The maximum absolute atomic E-state index is 11.0. The molecule has 0 amide bonds. The topological polar surface area (TPSA) is 128 Å². The smallest absolute Gasteiger partial charge is 0.139 e. The largest absolute Gasteiger partial charge is 0.507 e. The number of nitrogens with zero attached hydrogens (tertiary/aromatic N) is 2. The van der Waals surface area contributed by atoms with Crippen LogP contribution in [0, 0.1) is 23.7 Å². The molecule has 0 aliphatic heterocycles. The van der Waals surface area contributed by atoms with Crippen molar-refractivity contribution in [2.24, 2.45) is 23.7 Å². The highest BCUT2D eigenvalue weighted by Gasteiger charge is 2.38. The number of benzene rings is 2. The average Bonchev–Trinajstić information content (AvgIpc) is 2.81. The highest BCUT2D eigenvalue weighted by molar-refractivity contribution is 6.09. The Labute approximate surface area is 238 Å². The van der Waals surface area contributed by atoms with E-state index in [4.69, 9.17) is 0 Å². The van der Waals surface area contributed by atoms with Gasteiger partial charge in [-0.15, -0.1) is 0 Å². The molecule has 0 bridgehead atoms. The number of aliphatic hydroxyl groups is 2. The summed E-state index contributed by atoms with van der Waals surface area (Å²) in [4.78, 5) is 4.16. The Balaban J connectivity index is 2.00. The van der Waals surface area contributed by atoms with Gasteiger partial charge in [0.15, 0.2) is 0 Å². The number of aliphatic hydroxyl groups excluding tert-OH is 2. The Bertz CT molecular complexity index is 1120. The zero-order valence-corrected chi connectivity index (χ0v) is 25.0. The zero-order chi connectivity index (χ0) is 30.0. The van der Waals surface area contributed by atoms with Gasteiger partial charge < -0.3 is 40.4 Å². The van der Waals surface area contributed by atoms with Gasteiger partial charge in [0.05, 0.1) is 22.3 Å². The van der Waals surface area contributed by atoms with Crippen molar-refractivity contribution in [1.29, 1.82) is 0 Å². The molecule has 0 saturated carbocycles. The van der Waals surface area contributed by atoms with Crippen molar-refractivity contribution in [3.8, 4) is 23.0 Å². The molecule has 40 heavy (non-hydrogen) atoms. The van der Waals surface area contributed by atoms with Crippen molar-refractivity contribution in [2.45, 2.75) is 55.4 Å². The summed E-state index contributed by atoms with van der Waals surface area (Å²) in [6.45, 7) is 19.6. The van der Waals surface area contributed by atoms with Crippen molar-refractivity contribution >= 4 is 22.5 Å². The van der Waals surface area contributed by atoms with Crippen molar-refractivity contribution in [1.82, 2.24) is 0 Å². The minimum atomic E-state index is -0.448. The van der Waals surface area contributed by atoms with Gasteiger partial charge in [-0.25, -0.2) is 0 Å². The molecule has 0 atom stereocenters. The molecule has 0 heterocycles. The van der Waals surface area contributed by atoms with Crippen LogP contribution in [0.25, 0.3) is 11.1 Å². The Morgan fingerprint density at radius 2 is 0.675 bits per heavy atom. The third-order valence-electron chi connectivity index (χ3n) is 6.68. The molecule has 2 aromatic rings. The number of anilines is 2. The van der Waals surface area contributed by atoms with Crippen LogP contribution < -0.4 is 9.80 Å². The Kier molecular flexibility index (Phi) is 9.44. The van der Waals surface area contributed by atoms with Crippen molar-refractivity contribution in [3.63, 3.8) is 0 Å². The summed E-state index contributed by atoms with van der Waals surface area (Å²) < 4.78 is 0. The van der Waals surface area contributed by atoms with Crippen LogP contribution >= 0.6 is 0 Å². The number of rotatable bonds is 12. The second-order valence-corrected chi connectivity index (χ2v) is 12.6. The van der Waals surface area contributed by atoms with Crippen LogP contribution in [-0.4, -0.2) is 56.8 Å². The quantitative estimate of drug-likeness (QED) is 0.166. The molecular weight excluding hydrogens is 508 g/mol. The Morgan fingerprint density at radius 1 is 0.450 bits per heavy atom. The first-order chi connectivity index (χ1) is 18.6. The first kappa shape index (κ1) is 30.9. The van der Waals surface area contributed by atoms with Crippen LogP contribution in [0.1, 0.15) is 66.5 Å². The molecule has 0 aromatic heterocycles. The zero-order valence-electron chi connectivity index (χ0n) is 25.0. The standard InChI is InChI=1S/C32H46N2O6/c1-17(2)13-33(14-18(3)4)21-9-23(35)27(24(36)10-21)29-31(39)30(32(29)40)28-25(37)11-22(12-26(28)38)34(15-19(5)6)16-20(7)8/h9-12,17-20,35-40H,13-16H2,1-8H3. The molecule has 1 aliphatic carbocycles. The molecule has 0 fully saturated rings. The van der Waals surface area contributed by atoms with E-state index in [0.29, 0.717) is 35.0 Å². The van der Waals surface area contributed by atoms with Crippen LogP contribution in [0.15, 0.2) is 35.8 Å². The fraction of sp³-hybridized carbons (Fsp3) is 0.500. The molecule has 2 aromatic carbocycles. The van der Waals surface area contributed by atoms with Gasteiger partial charge in [-0.2, -0.15) is 0 Å². The molecule has 0 unspecified atom stereocenters. The summed E-state index contributed by atoms with van der Waals surface area (Å²) in [6.07, 6.45) is 0. The molecule has 1 aliphatic rings. The van der Waals surface area contributed by atoms with E-state index in [2.05, 4.69) is 65.2 Å². The molecule has 8 nitrogen and oxygen atoms in total. The van der Waals surface area contributed by atoms with Gasteiger partial charge in [0, 0.05) is 61.8 Å². The summed E-state index contributed by atoms with van der Waals surface area (Å²) in [5.74, 6) is -0.704. The van der Waals surface area contributed by atoms with Gasteiger partial charge in [0.25, 0.3) is 0 Å². The predicted octanol–water partition coefficient (Wildman–Crippen LogP) is 7.00. The highest BCUT2D eigenvalue weighted by Crippen LogP contribution is 2.53. The van der Waals surface area contributed by atoms with Gasteiger partial charge in [0.1, 0.15) is 34.5 Å². The highest BCUT2D eigenvalue weighted by atomic mass is 16.3. The Hall–Kier alpha value is -3.68. The van der Waals surface area contributed by atoms with E-state index in [1.807, 2.05) is 0 Å². The lowest BCUT2D eigenvalue weighted by Gasteiger charge is -2.31. The average molecular weight is 555 g/mol. The molecule has 0 saturated heterocycles. The molecule has 6 N–H and O–H groups in total. The van der Waals surface area contributed by atoms with E-state index < -0.39 is 11.5 Å². The van der Waals surface area contributed by atoms with Gasteiger partial charge >= 0.3 is 0 Å². The normalized spacial score (nSPS) is 13.7. The SMILES string of the molecule is CC(C)CN(CC(C)C)c1cc(O)c(C2=C(O)C(c3c(O)cc(N(CC(C)C)CC(C)C)cc3O)=C2O)c(O)c1. The van der Waals surface area contributed by atoms with Crippen LogP contribution in [-0.2, 0) is 0 Å². The monoisotopic (exact) mass is 554 g/mol. The molecule has 8 heteroatoms. The van der Waals surface area contributed by atoms with Gasteiger partial charge in [-0.05, 0) is 23.7 Å². The summed E-state index contributed by atoms with van der Waals surface area (Å²) >= 11 is 0. The molecule has 0 spiro atoms. The fourth-order valence-electron chi connectivity index (χ4n) is 5.29. The van der Waals surface area contributed by atoms with Crippen molar-refractivity contribution in [2.75, 3.05) is 36.0 Å². The lowest BCUT2D eigenvalue weighted by molar-refractivity contribution is 0.381. The maximum atomic E-state index is 11.0. The van der Waals surface area contributed by atoms with E-state index in [1.54, 1.807) is 0 Å². The molecular formula is C32H46N2O6. The van der Waals surface area contributed by atoms with E-state index in [1.165, 1.54) is 24.3 Å². The number of phenolic OH excluding ortho intramolecular Hbond substituents is 4. The minimum Gasteiger partial charge on any atom is -0.507 e. The maximum Gasteiger partial charge on any atom is 0.139 e. The van der Waals surface area contributed by atoms with Gasteiger partial charge in [0.2, 0.25) is 0 Å². The molecule has 3 rings (SSSR count). The lowest BCUT2D eigenvalue weighted by Crippen LogP contribution is -2.31. The third kappa shape index (κ3) is 6.54. The molecule has 220 valence electrons. The minimum absolute atomic E-state index is 0.118. The summed E-state index contributed by atoms with van der Waals surface area (Å²) in [5.41, 5.74) is 0.712. The number of phenols is 4. The number of hydrogen-bond donors (Lipinski definition) is 6. The van der Waals surface area contributed by atoms with E-state index in [-0.39, 0.29) is 45.3 Å². The second-order valence-electron chi connectivity index (χ2n) is 12.6. The first-order valence-electron chi connectivity index (χ1n) is 14.1. The number of hydrogen-bond acceptors (Lipinski definition) is 8. The van der Waals surface area contributed by atoms with Crippen molar-refractivity contribution < 1.29 is 30.6 Å².